The Morgan fingerprint density at radius 3 is 1.58 bits per heavy atom. The van der Waals surface area contributed by atoms with Crippen LogP contribution in [0, 0.1) is 0 Å². The molecule has 0 fully saturated rings. The Labute approximate surface area is 196 Å². The molecule has 0 N–H and O–H groups in total. The first-order valence-corrected chi connectivity index (χ1v) is 13.8. The molecule has 1 aromatic rings. The zero-order valence-corrected chi connectivity index (χ0v) is 22.4. The van der Waals surface area contributed by atoms with Crippen LogP contribution in [0.25, 0.3) is 0 Å². The van der Waals surface area contributed by atoms with Gasteiger partial charge in [-0.05, 0) is 67.9 Å². The first-order valence-electron chi connectivity index (χ1n) is 13.8. The Morgan fingerprint density at radius 1 is 0.645 bits per heavy atom. The van der Waals surface area contributed by atoms with Crippen LogP contribution in [-0.4, -0.2) is 30.2 Å². The molecule has 0 bridgehead atoms. The van der Waals surface area contributed by atoms with E-state index in [0.717, 1.165) is 6.04 Å². The Bertz CT molecular complexity index is 529. The minimum Gasteiger partial charge on any atom is -0.321 e. The third-order valence-corrected chi connectivity index (χ3v) is 7.34. The van der Waals surface area contributed by atoms with Crippen LogP contribution in [0.5, 0.6) is 0 Å². The lowest BCUT2D eigenvalue weighted by molar-refractivity contribution is -0.952. The van der Waals surface area contributed by atoms with Crippen molar-refractivity contribution in [1.29, 1.82) is 0 Å². The number of hydrogen-bond acceptors (Lipinski definition) is 0. The highest BCUT2D eigenvalue weighted by Crippen LogP contribution is 2.28. The van der Waals surface area contributed by atoms with Gasteiger partial charge >= 0.3 is 0 Å². The lowest BCUT2D eigenvalue weighted by Crippen LogP contribution is -2.57. The molecule has 0 aliphatic rings. The van der Waals surface area contributed by atoms with Gasteiger partial charge in [0, 0.05) is 0 Å². The highest BCUT2D eigenvalue weighted by atomic mass is 15.4. The van der Waals surface area contributed by atoms with Gasteiger partial charge in [-0.2, -0.15) is 0 Å². The van der Waals surface area contributed by atoms with E-state index in [-0.39, 0.29) is 5.41 Å². The van der Waals surface area contributed by atoms with E-state index in [2.05, 4.69) is 72.7 Å². The van der Waals surface area contributed by atoms with Crippen molar-refractivity contribution in [3.63, 3.8) is 0 Å². The van der Waals surface area contributed by atoms with Crippen LogP contribution < -0.4 is 0 Å². The second kappa shape index (κ2) is 15.1. The van der Waals surface area contributed by atoms with Gasteiger partial charge in [-0.25, -0.2) is 0 Å². The van der Waals surface area contributed by atoms with Crippen LogP contribution in [0.4, 0.5) is 0 Å². The van der Waals surface area contributed by atoms with Crippen LogP contribution in [0.3, 0.4) is 0 Å². The molecular weight excluding hydrogens is 374 g/mol. The fourth-order valence-electron chi connectivity index (χ4n) is 5.21. The molecule has 1 nitrogen and oxygen atoms in total. The first-order chi connectivity index (χ1) is 14.8. The predicted octanol–water partition coefficient (Wildman–Crippen LogP) is 9.08. The largest absolute Gasteiger partial charge is 0.321 e. The van der Waals surface area contributed by atoms with Gasteiger partial charge < -0.3 is 4.48 Å². The predicted molar refractivity (Wildman–Crippen MR) is 141 cm³/mol. The summed E-state index contributed by atoms with van der Waals surface area (Å²) < 4.78 is 1.42. The highest BCUT2D eigenvalue weighted by Gasteiger charge is 2.34. The summed E-state index contributed by atoms with van der Waals surface area (Å²) in [4.78, 5) is 0. The third kappa shape index (κ3) is 10.1. The molecule has 1 rings (SSSR count). The SMILES string of the molecule is CCCC[N+](CCCC)(CCCC)C(CCC)CCCCc1ccc(C(C)(C)C)cc1. The van der Waals surface area contributed by atoms with E-state index in [0.29, 0.717) is 0 Å². The van der Waals surface area contributed by atoms with E-state index in [1.54, 1.807) is 0 Å². The van der Waals surface area contributed by atoms with Crippen molar-refractivity contribution in [3.8, 4) is 0 Å². The maximum Gasteiger partial charge on any atom is 0.0890 e. The molecule has 0 saturated carbocycles. The van der Waals surface area contributed by atoms with Gasteiger partial charge in [0.05, 0.1) is 25.7 Å². The normalized spacial score (nSPS) is 13.5. The van der Waals surface area contributed by atoms with E-state index >= 15 is 0 Å². The maximum absolute atomic E-state index is 2.40. The summed E-state index contributed by atoms with van der Waals surface area (Å²) in [7, 11) is 0. The molecule has 0 aromatic heterocycles. The summed E-state index contributed by atoms with van der Waals surface area (Å²) in [6.07, 6.45) is 16.3. The van der Waals surface area contributed by atoms with Crippen molar-refractivity contribution < 1.29 is 4.48 Å². The summed E-state index contributed by atoms with van der Waals surface area (Å²) in [6, 6.07) is 10.3. The molecule has 0 saturated heterocycles. The molecule has 180 valence electrons. The molecule has 1 atom stereocenters. The zero-order valence-electron chi connectivity index (χ0n) is 22.4. The summed E-state index contributed by atoms with van der Waals surface area (Å²) >= 11 is 0. The molecule has 0 aliphatic heterocycles. The van der Waals surface area contributed by atoms with Crippen molar-refractivity contribution in [2.45, 2.75) is 137 Å². The minimum atomic E-state index is 0.253. The number of hydrogen-bond donors (Lipinski definition) is 0. The Balaban J connectivity index is 2.76. The number of unbranched alkanes of at least 4 members (excludes halogenated alkanes) is 4. The Morgan fingerprint density at radius 2 is 1.16 bits per heavy atom. The molecular formula is C30H56N+. The van der Waals surface area contributed by atoms with Gasteiger partial charge in [0.2, 0.25) is 0 Å². The number of aryl methyl sites for hydroxylation is 1. The molecule has 0 aliphatic carbocycles. The van der Waals surface area contributed by atoms with E-state index < -0.39 is 0 Å². The first kappa shape index (κ1) is 28.2. The standard InChI is InChI=1S/C30H56N/c1-8-12-24-31(25-13-9-2,26-14-10-3)29(17-11-4)19-16-15-18-27-20-22-28(23-21-27)30(5,6)7/h20-23,29H,8-19,24-26H2,1-7H3/q+1. The summed E-state index contributed by atoms with van der Waals surface area (Å²) in [5.74, 6) is 0. The quantitative estimate of drug-likeness (QED) is 0.171. The summed E-state index contributed by atoms with van der Waals surface area (Å²) in [5, 5.41) is 0. The molecule has 0 heterocycles. The second-order valence-electron chi connectivity index (χ2n) is 11.1. The molecule has 1 heteroatoms. The van der Waals surface area contributed by atoms with Crippen molar-refractivity contribution in [2.75, 3.05) is 19.6 Å². The lowest BCUT2D eigenvalue weighted by atomic mass is 9.86. The average Bonchev–Trinajstić information content (AvgIpc) is 2.75. The van der Waals surface area contributed by atoms with Crippen LogP contribution >= 0.6 is 0 Å². The number of nitrogens with zero attached hydrogens (tertiary/aromatic N) is 1. The molecule has 0 amide bonds. The number of quaternary nitrogens is 1. The third-order valence-electron chi connectivity index (χ3n) is 7.34. The van der Waals surface area contributed by atoms with E-state index in [1.807, 2.05) is 0 Å². The van der Waals surface area contributed by atoms with Gasteiger partial charge in [-0.15, -0.1) is 0 Å². The fourth-order valence-corrected chi connectivity index (χ4v) is 5.21. The molecule has 0 radical (unpaired) electrons. The van der Waals surface area contributed by atoms with Gasteiger partial charge in [-0.3, -0.25) is 0 Å². The van der Waals surface area contributed by atoms with Gasteiger partial charge in [0.1, 0.15) is 0 Å². The number of rotatable bonds is 17. The number of benzene rings is 1. The summed E-state index contributed by atoms with van der Waals surface area (Å²) in [5.41, 5.74) is 3.22. The maximum atomic E-state index is 2.40. The van der Waals surface area contributed by atoms with Crippen LogP contribution in [0.1, 0.15) is 130 Å². The molecule has 1 unspecified atom stereocenters. The van der Waals surface area contributed by atoms with Gasteiger partial charge in [0.25, 0.3) is 0 Å². The molecule has 31 heavy (non-hydrogen) atoms. The van der Waals surface area contributed by atoms with E-state index in [9.17, 15) is 0 Å². The summed E-state index contributed by atoms with van der Waals surface area (Å²) in [6.45, 7) is 20.6. The van der Waals surface area contributed by atoms with E-state index in [4.69, 9.17) is 0 Å². The van der Waals surface area contributed by atoms with Crippen molar-refractivity contribution in [2.24, 2.45) is 0 Å². The van der Waals surface area contributed by atoms with Gasteiger partial charge in [-0.1, -0.05) is 98.4 Å². The fraction of sp³-hybridized carbons (Fsp3) is 0.800. The highest BCUT2D eigenvalue weighted by molar-refractivity contribution is 5.27. The van der Waals surface area contributed by atoms with Crippen molar-refractivity contribution in [3.05, 3.63) is 35.4 Å². The molecule has 0 spiro atoms. The van der Waals surface area contributed by atoms with Crippen LogP contribution in [-0.2, 0) is 11.8 Å². The monoisotopic (exact) mass is 430 g/mol. The van der Waals surface area contributed by atoms with Crippen molar-refractivity contribution in [1.82, 2.24) is 0 Å². The van der Waals surface area contributed by atoms with Crippen LogP contribution in [0.15, 0.2) is 24.3 Å². The average molecular weight is 431 g/mol. The van der Waals surface area contributed by atoms with Crippen LogP contribution in [0.2, 0.25) is 0 Å². The topological polar surface area (TPSA) is 0 Å². The smallest absolute Gasteiger partial charge is 0.0890 e. The Kier molecular flexibility index (Phi) is 13.7. The van der Waals surface area contributed by atoms with Gasteiger partial charge in [0.15, 0.2) is 0 Å². The second-order valence-corrected chi connectivity index (χ2v) is 11.1. The zero-order chi connectivity index (χ0) is 23.2. The van der Waals surface area contributed by atoms with Crippen molar-refractivity contribution >= 4 is 0 Å². The van der Waals surface area contributed by atoms with E-state index in [1.165, 1.54) is 112 Å². The lowest BCUT2D eigenvalue weighted by Gasteiger charge is -2.46. The molecule has 1 aromatic carbocycles. The Hall–Kier alpha value is -0.820. The minimum absolute atomic E-state index is 0.253.